The number of halogens is 2. The van der Waals surface area contributed by atoms with Gasteiger partial charge in [-0.3, -0.25) is 0 Å². The number of aliphatic hydroxyl groups is 1. The fraction of sp³-hybridized carbons (Fsp3) is 0.310. The molecule has 3 aromatic carbocycles. The van der Waals surface area contributed by atoms with Crippen LogP contribution in [0.5, 0.6) is 11.8 Å². The van der Waals surface area contributed by atoms with Crippen LogP contribution in [0.2, 0.25) is 0 Å². The van der Waals surface area contributed by atoms with Crippen molar-refractivity contribution in [3.05, 3.63) is 53.6 Å². The molecule has 1 aromatic heterocycles. The van der Waals surface area contributed by atoms with Crippen LogP contribution in [0.25, 0.3) is 32.8 Å². The van der Waals surface area contributed by atoms with Crippen LogP contribution in [0.15, 0.2) is 36.4 Å². The standard InChI is InChI=1S/C29H25F2N3O3/c1-3-19-23(30)7-4-16-12-17(35)13-22(24(16)19)20-5-6-21-26(25(20)31)32-28(37-2)33-27(21)34-10-8-29(9-11-34)14-18(36)15-29/h1,4-7,12-13,18,35-36H,8-11,14-15H2,2H3. The van der Waals surface area contributed by atoms with Crippen molar-refractivity contribution in [1.29, 1.82) is 0 Å². The van der Waals surface area contributed by atoms with Crippen LogP contribution >= 0.6 is 0 Å². The van der Waals surface area contributed by atoms with Crippen molar-refractivity contribution in [2.45, 2.75) is 31.8 Å². The first-order valence-corrected chi connectivity index (χ1v) is 12.2. The van der Waals surface area contributed by atoms with E-state index in [1.54, 1.807) is 12.1 Å². The van der Waals surface area contributed by atoms with Crippen molar-refractivity contribution in [2.24, 2.45) is 5.41 Å². The number of aromatic nitrogens is 2. The molecular formula is C29H25F2N3O3. The molecule has 37 heavy (non-hydrogen) atoms. The predicted molar refractivity (Wildman–Crippen MR) is 138 cm³/mol. The molecule has 2 N–H and O–H groups in total. The van der Waals surface area contributed by atoms with E-state index in [0.29, 0.717) is 22.0 Å². The van der Waals surface area contributed by atoms with Gasteiger partial charge in [0, 0.05) is 29.4 Å². The molecule has 0 unspecified atom stereocenters. The molecule has 0 radical (unpaired) electrons. The topological polar surface area (TPSA) is 78.7 Å². The fourth-order valence-electron chi connectivity index (χ4n) is 5.99. The SMILES string of the molecule is C#Cc1c(F)ccc2cc(O)cc(-c3ccc4c(N5CCC6(CC5)CC(O)C6)nc(OC)nc4c3F)c12. The van der Waals surface area contributed by atoms with Crippen molar-refractivity contribution >= 4 is 27.5 Å². The average molecular weight is 502 g/mol. The molecule has 188 valence electrons. The van der Waals surface area contributed by atoms with Gasteiger partial charge in [-0.15, -0.1) is 6.42 Å². The zero-order chi connectivity index (χ0) is 25.9. The number of nitrogens with zero attached hydrogens (tertiary/aromatic N) is 3. The third-order valence-corrected chi connectivity index (χ3v) is 7.90. The third kappa shape index (κ3) is 3.73. The number of aromatic hydroxyl groups is 1. The Labute approximate surface area is 212 Å². The molecule has 0 atom stereocenters. The summed E-state index contributed by atoms with van der Waals surface area (Å²) in [5, 5.41) is 21.5. The Morgan fingerprint density at radius 1 is 1.08 bits per heavy atom. The average Bonchev–Trinajstić information content (AvgIpc) is 2.88. The number of ether oxygens (including phenoxy) is 1. The number of phenolic OH excluding ortho intramolecular Hbond substituents is 1. The first kappa shape index (κ1) is 23.4. The minimum atomic E-state index is -0.644. The predicted octanol–water partition coefficient (Wildman–Crippen LogP) is 5.17. The Morgan fingerprint density at radius 2 is 1.84 bits per heavy atom. The highest BCUT2D eigenvalue weighted by molar-refractivity contribution is 6.04. The third-order valence-electron chi connectivity index (χ3n) is 7.90. The van der Waals surface area contributed by atoms with Gasteiger partial charge in [-0.05, 0) is 66.3 Å². The van der Waals surface area contributed by atoms with Crippen LogP contribution in [0, 0.1) is 29.4 Å². The first-order valence-electron chi connectivity index (χ1n) is 12.2. The molecule has 1 saturated heterocycles. The van der Waals surface area contributed by atoms with Crippen molar-refractivity contribution in [2.75, 3.05) is 25.1 Å². The van der Waals surface area contributed by atoms with Crippen LogP contribution in [0.3, 0.4) is 0 Å². The summed E-state index contributed by atoms with van der Waals surface area (Å²) < 4.78 is 36.1. The van der Waals surface area contributed by atoms with Crippen LogP contribution in [-0.2, 0) is 0 Å². The van der Waals surface area contributed by atoms with Crippen LogP contribution in [0.4, 0.5) is 14.6 Å². The summed E-state index contributed by atoms with van der Waals surface area (Å²) in [6.45, 7) is 1.46. The van der Waals surface area contributed by atoms with Gasteiger partial charge in [-0.1, -0.05) is 18.1 Å². The maximum absolute atomic E-state index is 16.2. The summed E-state index contributed by atoms with van der Waals surface area (Å²) in [5.41, 5.74) is 0.639. The zero-order valence-corrected chi connectivity index (χ0v) is 20.3. The molecule has 1 aliphatic carbocycles. The van der Waals surface area contributed by atoms with Crippen molar-refractivity contribution in [1.82, 2.24) is 9.97 Å². The molecule has 1 aliphatic heterocycles. The number of benzene rings is 3. The fourth-order valence-corrected chi connectivity index (χ4v) is 5.99. The second-order valence-corrected chi connectivity index (χ2v) is 10.1. The van der Waals surface area contributed by atoms with E-state index in [1.165, 1.54) is 31.4 Å². The Balaban J connectivity index is 1.50. The van der Waals surface area contributed by atoms with E-state index in [0.717, 1.165) is 38.8 Å². The van der Waals surface area contributed by atoms with Gasteiger partial charge in [0.15, 0.2) is 5.82 Å². The Kier molecular flexibility index (Phi) is 5.42. The molecule has 2 aliphatic rings. The quantitative estimate of drug-likeness (QED) is 0.378. The van der Waals surface area contributed by atoms with E-state index in [1.807, 2.05) is 0 Å². The minimum absolute atomic E-state index is 0.00341. The van der Waals surface area contributed by atoms with Gasteiger partial charge in [-0.25, -0.2) is 8.78 Å². The highest BCUT2D eigenvalue weighted by Gasteiger charge is 2.45. The molecule has 0 bridgehead atoms. The molecule has 6 nitrogen and oxygen atoms in total. The largest absolute Gasteiger partial charge is 0.508 e. The van der Waals surface area contributed by atoms with Gasteiger partial charge in [-0.2, -0.15) is 9.97 Å². The molecule has 1 spiro atoms. The zero-order valence-electron chi connectivity index (χ0n) is 20.3. The Bertz CT molecular complexity index is 1600. The van der Waals surface area contributed by atoms with Crippen LogP contribution in [0.1, 0.15) is 31.2 Å². The summed E-state index contributed by atoms with van der Waals surface area (Å²) in [6, 6.07) is 8.94. The van der Waals surface area contributed by atoms with E-state index < -0.39 is 11.6 Å². The van der Waals surface area contributed by atoms with Crippen LogP contribution in [-0.4, -0.2) is 46.5 Å². The number of methoxy groups -OCH3 is 1. The second kappa shape index (κ2) is 8.56. The van der Waals surface area contributed by atoms with E-state index in [-0.39, 0.29) is 45.5 Å². The molecule has 2 fully saturated rings. The van der Waals surface area contributed by atoms with Crippen molar-refractivity contribution in [3.8, 4) is 35.2 Å². The Morgan fingerprint density at radius 3 is 2.51 bits per heavy atom. The lowest BCUT2D eigenvalue weighted by atomic mass is 9.61. The highest BCUT2D eigenvalue weighted by atomic mass is 19.1. The first-order chi connectivity index (χ1) is 17.8. The lowest BCUT2D eigenvalue weighted by Gasteiger charge is -2.50. The van der Waals surface area contributed by atoms with Crippen molar-refractivity contribution < 1.29 is 23.7 Å². The van der Waals surface area contributed by atoms with Crippen LogP contribution < -0.4 is 9.64 Å². The minimum Gasteiger partial charge on any atom is -0.508 e. The van der Waals surface area contributed by atoms with E-state index in [2.05, 4.69) is 20.8 Å². The lowest BCUT2D eigenvalue weighted by Crippen LogP contribution is -2.49. The maximum atomic E-state index is 16.2. The molecule has 2 heterocycles. The molecule has 8 heteroatoms. The number of anilines is 1. The van der Waals surface area contributed by atoms with E-state index in [9.17, 15) is 14.6 Å². The van der Waals surface area contributed by atoms with Gasteiger partial charge in [0.2, 0.25) is 0 Å². The maximum Gasteiger partial charge on any atom is 0.318 e. The van der Waals surface area contributed by atoms with Crippen molar-refractivity contribution in [3.63, 3.8) is 0 Å². The monoisotopic (exact) mass is 501 g/mol. The number of hydrogen-bond donors (Lipinski definition) is 2. The number of terminal acetylenes is 1. The number of piperidine rings is 1. The molecule has 1 saturated carbocycles. The summed E-state index contributed by atoms with van der Waals surface area (Å²) in [7, 11) is 1.43. The van der Waals surface area contributed by atoms with Gasteiger partial charge >= 0.3 is 6.01 Å². The molecule has 0 amide bonds. The van der Waals surface area contributed by atoms with E-state index in [4.69, 9.17) is 11.2 Å². The number of hydrogen-bond acceptors (Lipinski definition) is 6. The summed E-state index contributed by atoms with van der Waals surface area (Å²) in [5.74, 6) is 1.61. The number of rotatable bonds is 3. The van der Waals surface area contributed by atoms with Gasteiger partial charge < -0.3 is 19.8 Å². The molecule has 6 rings (SSSR count). The number of phenols is 1. The summed E-state index contributed by atoms with van der Waals surface area (Å²) >= 11 is 0. The summed E-state index contributed by atoms with van der Waals surface area (Å²) in [4.78, 5) is 11.0. The molecular weight excluding hydrogens is 476 g/mol. The smallest absolute Gasteiger partial charge is 0.318 e. The summed E-state index contributed by atoms with van der Waals surface area (Å²) in [6.07, 6.45) is 8.89. The number of fused-ring (bicyclic) bond motifs is 2. The van der Waals surface area contributed by atoms with Gasteiger partial charge in [0.05, 0.1) is 18.8 Å². The van der Waals surface area contributed by atoms with Gasteiger partial charge in [0.25, 0.3) is 0 Å². The highest BCUT2D eigenvalue weighted by Crippen LogP contribution is 2.50. The van der Waals surface area contributed by atoms with Gasteiger partial charge in [0.1, 0.15) is 22.9 Å². The normalized spacial score (nSPS) is 17.2. The molecule has 4 aromatic rings. The number of aliphatic hydroxyl groups excluding tert-OH is 1. The lowest BCUT2D eigenvalue weighted by molar-refractivity contribution is -0.0464. The van der Waals surface area contributed by atoms with E-state index >= 15 is 4.39 Å². The Hall–Kier alpha value is -3.96. The second-order valence-electron chi connectivity index (χ2n) is 10.1.